The van der Waals surface area contributed by atoms with E-state index in [1.807, 2.05) is 48.5 Å². The lowest BCUT2D eigenvalue weighted by atomic mass is 10.3. The Labute approximate surface area is 150 Å². The van der Waals surface area contributed by atoms with Crippen LogP contribution in [0.5, 0.6) is 0 Å². The van der Waals surface area contributed by atoms with Crippen molar-refractivity contribution in [3.63, 3.8) is 0 Å². The summed E-state index contributed by atoms with van der Waals surface area (Å²) in [5, 5.41) is 6.08. The highest BCUT2D eigenvalue weighted by Gasteiger charge is 2.02. The van der Waals surface area contributed by atoms with Gasteiger partial charge in [0.2, 0.25) is 5.11 Å². The summed E-state index contributed by atoms with van der Waals surface area (Å²) in [6, 6.07) is 18.0. The van der Waals surface area contributed by atoms with Crippen LogP contribution in [-0.2, 0) is 0 Å². The van der Waals surface area contributed by atoms with Crippen LogP contribution in [0.15, 0.2) is 60.7 Å². The molecule has 0 aliphatic carbocycles. The van der Waals surface area contributed by atoms with Crippen molar-refractivity contribution in [2.45, 2.75) is 0 Å². The van der Waals surface area contributed by atoms with Crippen molar-refractivity contribution >= 4 is 52.1 Å². The molecule has 2 rings (SSSR count). The number of rotatable bonds is 2. The van der Waals surface area contributed by atoms with Gasteiger partial charge < -0.3 is 10.6 Å². The molecule has 2 aromatic carbocycles. The summed E-state index contributed by atoms with van der Waals surface area (Å²) in [4.78, 5) is 11.7. The van der Waals surface area contributed by atoms with E-state index in [-0.39, 0.29) is 5.11 Å². The van der Waals surface area contributed by atoms with E-state index < -0.39 is 6.03 Å². The van der Waals surface area contributed by atoms with Gasteiger partial charge in [-0.05, 0) is 48.7 Å². The molecule has 0 heterocycles. The number of urea groups is 1. The summed E-state index contributed by atoms with van der Waals surface area (Å²) in [5.74, 6) is 0. The fraction of sp³-hybridized carbons (Fsp3) is 0. The Morgan fingerprint density at radius 3 is 1.67 bits per heavy atom. The first-order chi connectivity index (χ1) is 11.6. The SMILES string of the molecule is O=C(NNC(=S)NNC(=S)Nc1ccccc1)Nc1ccccc1. The molecule has 0 atom stereocenters. The Morgan fingerprint density at radius 1 is 0.625 bits per heavy atom. The second-order valence-electron chi connectivity index (χ2n) is 4.47. The van der Waals surface area contributed by atoms with Crippen molar-refractivity contribution in [1.82, 2.24) is 21.7 Å². The molecule has 0 fully saturated rings. The van der Waals surface area contributed by atoms with Gasteiger partial charge in [0, 0.05) is 11.4 Å². The van der Waals surface area contributed by atoms with E-state index >= 15 is 0 Å². The van der Waals surface area contributed by atoms with Crippen LogP contribution in [0.1, 0.15) is 0 Å². The van der Waals surface area contributed by atoms with Crippen molar-refractivity contribution in [2.24, 2.45) is 0 Å². The van der Waals surface area contributed by atoms with E-state index in [9.17, 15) is 4.79 Å². The molecule has 2 amide bonds. The van der Waals surface area contributed by atoms with Crippen LogP contribution in [0.25, 0.3) is 0 Å². The summed E-state index contributed by atoms with van der Waals surface area (Å²) >= 11 is 10.1. The van der Waals surface area contributed by atoms with E-state index in [0.717, 1.165) is 5.69 Å². The summed E-state index contributed by atoms with van der Waals surface area (Å²) in [5.41, 5.74) is 11.8. The molecule has 7 nitrogen and oxygen atoms in total. The molecule has 6 N–H and O–H groups in total. The van der Waals surface area contributed by atoms with Crippen LogP contribution in [0.2, 0.25) is 0 Å². The van der Waals surface area contributed by atoms with Crippen LogP contribution in [0.3, 0.4) is 0 Å². The van der Waals surface area contributed by atoms with Gasteiger partial charge in [0.05, 0.1) is 0 Å². The molecular weight excluding hydrogens is 344 g/mol. The number of thiocarbonyl (C=S) groups is 2. The van der Waals surface area contributed by atoms with Crippen molar-refractivity contribution in [3.8, 4) is 0 Å². The minimum Gasteiger partial charge on any atom is -0.331 e. The van der Waals surface area contributed by atoms with Crippen molar-refractivity contribution < 1.29 is 4.79 Å². The molecule has 24 heavy (non-hydrogen) atoms. The average molecular weight is 360 g/mol. The first-order valence-corrected chi connectivity index (χ1v) is 7.75. The lowest BCUT2D eigenvalue weighted by Gasteiger charge is -2.15. The molecule has 124 valence electrons. The van der Waals surface area contributed by atoms with E-state index in [2.05, 4.69) is 32.3 Å². The molecule has 0 aromatic heterocycles. The van der Waals surface area contributed by atoms with Crippen LogP contribution in [-0.4, -0.2) is 16.3 Å². The predicted octanol–water partition coefficient (Wildman–Crippen LogP) is 2.09. The molecule has 9 heteroatoms. The number of anilines is 2. The fourth-order valence-corrected chi connectivity index (χ4v) is 1.90. The van der Waals surface area contributed by atoms with Gasteiger partial charge >= 0.3 is 6.03 Å². The van der Waals surface area contributed by atoms with Gasteiger partial charge in [0.15, 0.2) is 5.11 Å². The van der Waals surface area contributed by atoms with Crippen molar-refractivity contribution in [2.75, 3.05) is 10.6 Å². The zero-order valence-electron chi connectivity index (χ0n) is 12.5. The highest BCUT2D eigenvalue weighted by Crippen LogP contribution is 2.04. The Hall–Kier alpha value is -2.91. The largest absolute Gasteiger partial charge is 0.337 e. The molecule has 0 aliphatic rings. The lowest BCUT2D eigenvalue weighted by Crippen LogP contribution is -2.53. The normalized spacial score (nSPS) is 9.33. The Balaban J connectivity index is 1.64. The third-order valence-corrected chi connectivity index (χ3v) is 3.05. The first kappa shape index (κ1) is 17.4. The molecule has 0 radical (unpaired) electrons. The molecule has 0 aliphatic heterocycles. The van der Waals surface area contributed by atoms with Crippen LogP contribution in [0, 0.1) is 0 Å². The van der Waals surface area contributed by atoms with Crippen LogP contribution < -0.4 is 32.3 Å². The maximum Gasteiger partial charge on any atom is 0.337 e. The smallest absolute Gasteiger partial charge is 0.331 e. The molecule has 0 saturated heterocycles. The summed E-state index contributed by atoms with van der Waals surface area (Å²) < 4.78 is 0. The van der Waals surface area contributed by atoms with E-state index in [1.54, 1.807) is 12.1 Å². The van der Waals surface area contributed by atoms with Gasteiger partial charge in [-0.15, -0.1) is 0 Å². The number of nitrogens with one attached hydrogen (secondary N) is 6. The zero-order valence-corrected chi connectivity index (χ0v) is 14.1. The second kappa shape index (κ2) is 9.28. The van der Waals surface area contributed by atoms with Crippen molar-refractivity contribution in [3.05, 3.63) is 60.7 Å². The van der Waals surface area contributed by atoms with Gasteiger partial charge in [0.1, 0.15) is 0 Å². The van der Waals surface area contributed by atoms with Gasteiger partial charge in [-0.3, -0.25) is 16.3 Å². The molecule has 0 spiro atoms. The molecule has 0 saturated carbocycles. The summed E-state index contributed by atoms with van der Waals surface area (Å²) in [6.07, 6.45) is 0. The zero-order chi connectivity index (χ0) is 17.2. The maximum absolute atomic E-state index is 11.7. The number of benzene rings is 2. The minimum absolute atomic E-state index is 0.149. The van der Waals surface area contributed by atoms with Gasteiger partial charge in [-0.1, -0.05) is 36.4 Å². The number of hydrazine groups is 2. The maximum atomic E-state index is 11.7. The molecule has 0 unspecified atom stereocenters. The van der Waals surface area contributed by atoms with Gasteiger partial charge in [-0.25, -0.2) is 10.2 Å². The lowest BCUT2D eigenvalue weighted by molar-refractivity contribution is 0.250. The quantitative estimate of drug-likeness (QED) is 0.361. The van der Waals surface area contributed by atoms with E-state index in [0.29, 0.717) is 10.8 Å². The fourth-order valence-electron chi connectivity index (χ4n) is 1.63. The van der Waals surface area contributed by atoms with Crippen molar-refractivity contribution in [1.29, 1.82) is 0 Å². The minimum atomic E-state index is -0.449. The number of para-hydroxylation sites is 2. The van der Waals surface area contributed by atoms with Gasteiger partial charge in [0.25, 0.3) is 0 Å². The number of carbonyl (C=O) groups is 1. The Bertz CT molecular complexity index is 636. The third-order valence-electron chi connectivity index (χ3n) is 2.64. The van der Waals surface area contributed by atoms with Crippen LogP contribution >= 0.6 is 24.4 Å². The topological polar surface area (TPSA) is 89.2 Å². The highest BCUT2D eigenvalue weighted by molar-refractivity contribution is 7.80. The predicted molar refractivity (Wildman–Crippen MR) is 103 cm³/mol. The molecule has 0 bridgehead atoms. The van der Waals surface area contributed by atoms with Crippen LogP contribution in [0.4, 0.5) is 16.2 Å². The monoisotopic (exact) mass is 360 g/mol. The van der Waals surface area contributed by atoms with E-state index in [1.165, 1.54) is 0 Å². The number of carbonyl (C=O) groups excluding carboxylic acids is 1. The highest BCUT2D eigenvalue weighted by atomic mass is 32.1. The third kappa shape index (κ3) is 6.46. The Morgan fingerprint density at radius 2 is 1.08 bits per heavy atom. The average Bonchev–Trinajstić information content (AvgIpc) is 2.60. The van der Waals surface area contributed by atoms with Gasteiger partial charge in [-0.2, -0.15) is 0 Å². The molecule has 2 aromatic rings. The number of amides is 2. The van der Waals surface area contributed by atoms with E-state index in [4.69, 9.17) is 24.4 Å². The second-order valence-corrected chi connectivity index (χ2v) is 5.29. The number of hydrogen-bond acceptors (Lipinski definition) is 3. The Kier molecular flexibility index (Phi) is 6.74. The number of hydrogen-bond donors (Lipinski definition) is 6. The summed E-state index contributed by atoms with van der Waals surface area (Å²) in [7, 11) is 0. The first-order valence-electron chi connectivity index (χ1n) is 6.93. The summed E-state index contributed by atoms with van der Waals surface area (Å²) in [6.45, 7) is 0. The standard InChI is InChI=1S/C15H16N6OS2/c22-13(16-11-7-3-1-4-8-11)18-20-15(24)21-19-14(23)17-12-9-5-2-6-10-12/h1-10H,(H2,16,18,22)(H2,17,19,23)(H2,20,21,24). The molecular formula is C15H16N6OS2.